The Morgan fingerprint density at radius 1 is 1.17 bits per heavy atom. The molecule has 0 spiro atoms. The highest BCUT2D eigenvalue weighted by molar-refractivity contribution is 5.95. The third-order valence-corrected chi connectivity index (χ3v) is 5.13. The Kier molecular flexibility index (Phi) is 7.21. The SMILES string of the molecule is Cc1ccc(C(=O)N2CCOC(CN(CC(C)C)C(=O)c3ccccc3F)C2)cc1. The van der Waals surface area contributed by atoms with E-state index in [2.05, 4.69) is 0 Å². The van der Waals surface area contributed by atoms with Gasteiger partial charge in [-0.15, -0.1) is 0 Å². The number of carbonyl (C=O) groups is 2. The second-order valence-corrected chi connectivity index (χ2v) is 8.19. The Labute approximate surface area is 177 Å². The summed E-state index contributed by atoms with van der Waals surface area (Å²) in [5.41, 5.74) is 1.80. The first-order chi connectivity index (χ1) is 14.3. The summed E-state index contributed by atoms with van der Waals surface area (Å²) in [6.45, 7) is 8.11. The number of morpholine rings is 1. The number of ether oxygens (including phenoxy) is 1. The number of hydrogen-bond acceptors (Lipinski definition) is 3. The van der Waals surface area contributed by atoms with E-state index in [-0.39, 0.29) is 29.4 Å². The van der Waals surface area contributed by atoms with E-state index in [1.807, 2.05) is 45.0 Å². The van der Waals surface area contributed by atoms with Gasteiger partial charge in [0.2, 0.25) is 0 Å². The van der Waals surface area contributed by atoms with Gasteiger partial charge in [0.05, 0.1) is 18.3 Å². The van der Waals surface area contributed by atoms with Crippen molar-refractivity contribution in [1.82, 2.24) is 9.80 Å². The van der Waals surface area contributed by atoms with Gasteiger partial charge in [0.1, 0.15) is 5.82 Å². The summed E-state index contributed by atoms with van der Waals surface area (Å²) in [6.07, 6.45) is -0.317. The molecule has 1 unspecified atom stereocenters. The molecule has 2 aromatic carbocycles. The van der Waals surface area contributed by atoms with Crippen LogP contribution in [0.25, 0.3) is 0 Å². The van der Waals surface area contributed by atoms with Crippen LogP contribution in [0.4, 0.5) is 4.39 Å². The molecule has 0 N–H and O–H groups in total. The maximum atomic E-state index is 14.2. The molecule has 1 atom stereocenters. The quantitative estimate of drug-likeness (QED) is 0.726. The number of carbonyl (C=O) groups excluding carboxylic acids is 2. The number of rotatable bonds is 6. The minimum atomic E-state index is -0.531. The Morgan fingerprint density at radius 2 is 1.87 bits per heavy atom. The summed E-state index contributed by atoms with van der Waals surface area (Å²) in [7, 11) is 0. The zero-order valence-corrected chi connectivity index (χ0v) is 17.8. The Hall–Kier alpha value is -2.73. The van der Waals surface area contributed by atoms with Crippen molar-refractivity contribution in [2.24, 2.45) is 5.92 Å². The molecule has 2 aromatic rings. The van der Waals surface area contributed by atoms with Crippen LogP contribution < -0.4 is 0 Å². The standard InChI is InChI=1S/C24H29FN2O3/c1-17(2)14-27(24(29)21-6-4-5-7-22(21)25)16-20-15-26(12-13-30-20)23(28)19-10-8-18(3)9-11-19/h4-11,17,20H,12-16H2,1-3H3. The molecule has 0 aromatic heterocycles. The highest BCUT2D eigenvalue weighted by Gasteiger charge is 2.29. The van der Waals surface area contributed by atoms with E-state index in [0.717, 1.165) is 5.56 Å². The lowest BCUT2D eigenvalue weighted by atomic mass is 10.1. The van der Waals surface area contributed by atoms with Crippen LogP contribution in [-0.2, 0) is 4.74 Å². The number of halogens is 1. The molecule has 0 bridgehead atoms. The van der Waals surface area contributed by atoms with E-state index in [4.69, 9.17) is 4.74 Å². The second kappa shape index (κ2) is 9.85. The Balaban J connectivity index is 1.71. The lowest BCUT2D eigenvalue weighted by Crippen LogP contribution is -2.51. The van der Waals surface area contributed by atoms with Crippen LogP contribution in [0.1, 0.15) is 40.1 Å². The molecular formula is C24H29FN2O3. The third kappa shape index (κ3) is 5.45. The predicted octanol–water partition coefficient (Wildman–Crippen LogP) is 3.77. The van der Waals surface area contributed by atoms with Crippen molar-refractivity contribution < 1.29 is 18.7 Å². The molecule has 3 rings (SSSR count). The molecule has 1 fully saturated rings. The Bertz CT molecular complexity index is 882. The highest BCUT2D eigenvalue weighted by Crippen LogP contribution is 2.16. The molecule has 0 aliphatic carbocycles. The largest absolute Gasteiger partial charge is 0.373 e. The maximum Gasteiger partial charge on any atom is 0.256 e. The summed E-state index contributed by atoms with van der Waals surface area (Å²) >= 11 is 0. The minimum Gasteiger partial charge on any atom is -0.373 e. The van der Waals surface area contributed by atoms with E-state index in [1.54, 1.807) is 21.9 Å². The monoisotopic (exact) mass is 412 g/mol. The van der Waals surface area contributed by atoms with Crippen LogP contribution >= 0.6 is 0 Å². The number of aryl methyl sites for hydroxylation is 1. The van der Waals surface area contributed by atoms with Crippen molar-refractivity contribution in [2.75, 3.05) is 32.8 Å². The average molecular weight is 413 g/mol. The first-order valence-corrected chi connectivity index (χ1v) is 10.4. The van der Waals surface area contributed by atoms with E-state index in [1.165, 1.54) is 12.1 Å². The van der Waals surface area contributed by atoms with Crippen LogP contribution in [0, 0.1) is 18.7 Å². The molecule has 6 heteroatoms. The first kappa shape index (κ1) is 22.0. The van der Waals surface area contributed by atoms with Crippen molar-refractivity contribution in [3.05, 3.63) is 71.0 Å². The fourth-order valence-corrected chi connectivity index (χ4v) is 3.62. The van der Waals surface area contributed by atoms with Crippen LogP contribution in [0.3, 0.4) is 0 Å². The average Bonchev–Trinajstić information content (AvgIpc) is 2.73. The minimum absolute atomic E-state index is 0.0425. The van der Waals surface area contributed by atoms with Crippen LogP contribution in [0.2, 0.25) is 0 Å². The van der Waals surface area contributed by atoms with Crippen LogP contribution in [0.15, 0.2) is 48.5 Å². The van der Waals surface area contributed by atoms with Gasteiger partial charge < -0.3 is 14.5 Å². The van der Waals surface area contributed by atoms with Gasteiger partial charge in [-0.05, 0) is 37.1 Å². The van der Waals surface area contributed by atoms with Gasteiger partial charge in [-0.3, -0.25) is 9.59 Å². The summed E-state index contributed by atoms with van der Waals surface area (Å²) in [5.74, 6) is -0.710. The third-order valence-electron chi connectivity index (χ3n) is 5.13. The fourth-order valence-electron chi connectivity index (χ4n) is 3.62. The highest BCUT2D eigenvalue weighted by atomic mass is 19.1. The zero-order chi connectivity index (χ0) is 21.7. The van der Waals surface area contributed by atoms with Gasteiger partial charge >= 0.3 is 0 Å². The molecule has 0 radical (unpaired) electrons. The summed E-state index contributed by atoms with van der Waals surface area (Å²) < 4.78 is 20.0. The van der Waals surface area contributed by atoms with Gasteiger partial charge in [-0.1, -0.05) is 43.7 Å². The van der Waals surface area contributed by atoms with Crippen LogP contribution in [0.5, 0.6) is 0 Å². The summed E-state index contributed by atoms with van der Waals surface area (Å²) in [6, 6.07) is 13.5. The molecule has 1 saturated heterocycles. The molecule has 2 amide bonds. The number of benzene rings is 2. The normalized spacial score (nSPS) is 16.6. The van der Waals surface area contributed by atoms with Crippen molar-refractivity contribution >= 4 is 11.8 Å². The van der Waals surface area contributed by atoms with Crippen LogP contribution in [-0.4, -0.2) is 60.5 Å². The molecule has 5 nitrogen and oxygen atoms in total. The predicted molar refractivity (Wildman–Crippen MR) is 114 cm³/mol. The molecule has 1 aliphatic heterocycles. The first-order valence-electron chi connectivity index (χ1n) is 10.4. The molecule has 30 heavy (non-hydrogen) atoms. The van der Waals surface area contributed by atoms with Crippen molar-refractivity contribution in [3.63, 3.8) is 0 Å². The van der Waals surface area contributed by atoms with E-state index in [0.29, 0.717) is 38.3 Å². The zero-order valence-electron chi connectivity index (χ0n) is 17.8. The second-order valence-electron chi connectivity index (χ2n) is 8.19. The fraction of sp³-hybridized carbons (Fsp3) is 0.417. The molecule has 1 heterocycles. The van der Waals surface area contributed by atoms with Crippen molar-refractivity contribution in [2.45, 2.75) is 26.9 Å². The van der Waals surface area contributed by atoms with Gasteiger partial charge in [0.25, 0.3) is 11.8 Å². The van der Waals surface area contributed by atoms with Crippen molar-refractivity contribution in [3.8, 4) is 0 Å². The van der Waals surface area contributed by atoms with Gasteiger partial charge in [-0.2, -0.15) is 0 Å². The number of amides is 2. The van der Waals surface area contributed by atoms with Gasteiger partial charge in [-0.25, -0.2) is 4.39 Å². The van der Waals surface area contributed by atoms with Gasteiger partial charge in [0.15, 0.2) is 0 Å². The molecule has 0 saturated carbocycles. The smallest absolute Gasteiger partial charge is 0.256 e. The topological polar surface area (TPSA) is 49.9 Å². The molecule has 1 aliphatic rings. The molecule has 160 valence electrons. The number of nitrogens with zero attached hydrogens (tertiary/aromatic N) is 2. The maximum absolute atomic E-state index is 14.2. The lowest BCUT2D eigenvalue weighted by molar-refractivity contribution is -0.0340. The Morgan fingerprint density at radius 3 is 2.53 bits per heavy atom. The van der Waals surface area contributed by atoms with Gasteiger partial charge in [0, 0.05) is 31.7 Å². The summed E-state index contributed by atoms with van der Waals surface area (Å²) in [4.78, 5) is 29.3. The van der Waals surface area contributed by atoms with E-state index < -0.39 is 5.82 Å². The lowest BCUT2D eigenvalue weighted by Gasteiger charge is -2.36. The van der Waals surface area contributed by atoms with E-state index >= 15 is 0 Å². The van der Waals surface area contributed by atoms with Crippen molar-refractivity contribution in [1.29, 1.82) is 0 Å². The van der Waals surface area contributed by atoms with E-state index in [9.17, 15) is 14.0 Å². The molecular weight excluding hydrogens is 383 g/mol. The summed E-state index contributed by atoms with van der Waals surface area (Å²) in [5, 5.41) is 0. The number of hydrogen-bond donors (Lipinski definition) is 0.